The van der Waals surface area contributed by atoms with Gasteiger partial charge < -0.3 is 4.90 Å². The Bertz CT molecular complexity index is 195. The number of piperidine rings is 3. The summed E-state index contributed by atoms with van der Waals surface area (Å²) in [5.74, 6) is 1.08. The maximum atomic E-state index is 2.43. The third kappa shape index (κ3) is 2.14. The van der Waals surface area contributed by atoms with E-state index in [0.717, 1.165) is 12.0 Å². The molecule has 1 atom stereocenters. The number of nitrogens with one attached hydrogen (secondary N) is 1. The Morgan fingerprint density at radius 3 is 2.46 bits per heavy atom. The summed E-state index contributed by atoms with van der Waals surface area (Å²) < 4.78 is 0. The molecule has 0 aromatic heterocycles. The molecule has 0 saturated carbocycles. The highest BCUT2D eigenvalue weighted by Crippen LogP contribution is 2.22. The summed E-state index contributed by atoms with van der Waals surface area (Å²) in [6, 6.07) is 0.961. The molecule has 0 aromatic rings. The van der Waals surface area contributed by atoms with E-state index in [1.807, 2.05) is 4.90 Å². The van der Waals surface area contributed by atoms with E-state index in [9.17, 15) is 0 Å². The molecule has 74 valence electrons. The second-order valence-electron chi connectivity index (χ2n) is 5.05. The largest absolute Gasteiger partial charge is 0.332 e. The predicted octanol–water partition coefficient (Wildman–Crippen LogP) is 1.41. The molecule has 0 radical (unpaired) electrons. The van der Waals surface area contributed by atoms with Crippen LogP contribution in [0.5, 0.6) is 0 Å². The van der Waals surface area contributed by atoms with E-state index in [4.69, 9.17) is 0 Å². The Morgan fingerprint density at radius 1 is 1.31 bits per heavy atom. The standard InChI is InChI=1S/C12H21N/c1-10(2)3-4-12-9-11-5-7-13(12)8-6-11/h3,11-12H,4-9H2,1-2H3/p+1. The minimum absolute atomic E-state index is 0.961. The summed E-state index contributed by atoms with van der Waals surface area (Å²) >= 11 is 0. The van der Waals surface area contributed by atoms with Crippen LogP contribution in [0.4, 0.5) is 0 Å². The first-order valence-corrected chi connectivity index (χ1v) is 5.73. The van der Waals surface area contributed by atoms with E-state index < -0.39 is 0 Å². The summed E-state index contributed by atoms with van der Waals surface area (Å²) in [5.41, 5.74) is 1.49. The molecule has 3 aliphatic heterocycles. The van der Waals surface area contributed by atoms with Crippen LogP contribution in [-0.2, 0) is 0 Å². The Morgan fingerprint density at radius 2 is 2.00 bits per heavy atom. The maximum absolute atomic E-state index is 2.43. The zero-order chi connectivity index (χ0) is 9.26. The maximum Gasteiger partial charge on any atom is 0.0912 e. The highest BCUT2D eigenvalue weighted by Gasteiger charge is 2.36. The molecule has 1 heteroatoms. The van der Waals surface area contributed by atoms with E-state index in [0.29, 0.717) is 0 Å². The van der Waals surface area contributed by atoms with Crippen LogP contribution in [0.25, 0.3) is 0 Å². The summed E-state index contributed by atoms with van der Waals surface area (Å²) in [6.07, 6.45) is 8.26. The number of fused-ring (bicyclic) bond motifs is 3. The number of hydrogen-bond donors (Lipinski definition) is 1. The average molecular weight is 180 g/mol. The van der Waals surface area contributed by atoms with Gasteiger partial charge in [-0.3, -0.25) is 0 Å². The van der Waals surface area contributed by atoms with Gasteiger partial charge in [-0.1, -0.05) is 11.6 Å². The summed E-state index contributed by atoms with van der Waals surface area (Å²) in [5, 5.41) is 0. The normalized spacial score (nSPS) is 37.5. The van der Waals surface area contributed by atoms with E-state index in [1.54, 1.807) is 0 Å². The van der Waals surface area contributed by atoms with Crippen LogP contribution >= 0.6 is 0 Å². The Kier molecular flexibility index (Phi) is 2.73. The summed E-state index contributed by atoms with van der Waals surface area (Å²) in [4.78, 5) is 1.89. The summed E-state index contributed by atoms with van der Waals surface area (Å²) in [6.45, 7) is 7.33. The number of quaternary nitrogens is 1. The fourth-order valence-corrected chi connectivity index (χ4v) is 2.90. The first kappa shape index (κ1) is 9.26. The van der Waals surface area contributed by atoms with Crippen LogP contribution in [-0.4, -0.2) is 19.1 Å². The van der Waals surface area contributed by atoms with Gasteiger partial charge in [0.1, 0.15) is 0 Å². The Labute approximate surface area is 81.8 Å². The van der Waals surface area contributed by atoms with Crippen molar-refractivity contribution in [3.8, 4) is 0 Å². The van der Waals surface area contributed by atoms with Crippen molar-refractivity contribution in [1.82, 2.24) is 0 Å². The van der Waals surface area contributed by atoms with Gasteiger partial charge in [0.25, 0.3) is 0 Å². The van der Waals surface area contributed by atoms with Crippen molar-refractivity contribution in [3.05, 3.63) is 11.6 Å². The molecular weight excluding hydrogens is 158 g/mol. The lowest BCUT2D eigenvalue weighted by Crippen LogP contribution is -3.18. The van der Waals surface area contributed by atoms with Gasteiger partial charge in [0.15, 0.2) is 0 Å². The number of rotatable bonds is 2. The van der Waals surface area contributed by atoms with Gasteiger partial charge in [0.2, 0.25) is 0 Å². The monoisotopic (exact) mass is 180 g/mol. The van der Waals surface area contributed by atoms with Gasteiger partial charge >= 0.3 is 0 Å². The molecule has 0 aromatic carbocycles. The lowest BCUT2D eigenvalue weighted by atomic mass is 9.82. The molecule has 1 unspecified atom stereocenters. The van der Waals surface area contributed by atoms with Crippen LogP contribution in [0.2, 0.25) is 0 Å². The van der Waals surface area contributed by atoms with Gasteiger partial charge in [0.05, 0.1) is 19.1 Å². The minimum atomic E-state index is 0.961. The zero-order valence-electron chi connectivity index (χ0n) is 8.97. The Hall–Kier alpha value is -0.300. The SMILES string of the molecule is CC(C)=CCC1CC2CC[NH+]1CC2. The third-order valence-corrected chi connectivity index (χ3v) is 3.75. The highest BCUT2D eigenvalue weighted by molar-refractivity contribution is 4.95. The van der Waals surface area contributed by atoms with E-state index in [2.05, 4.69) is 19.9 Å². The molecule has 0 aliphatic carbocycles. The smallest absolute Gasteiger partial charge is 0.0912 e. The second kappa shape index (κ2) is 3.83. The fraction of sp³-hybridized carbons (Fsp3) is 0.833. The van der Waals surface area contributed by atoms with Gasteiger partial charge in [-0.25, -0.2) is 0 Å². The first-order chi connectivity index (χ1) is 6.25. The van der Waals surface area contributed by atoms with Gasteiger partial charge in [0, 0.05) is 12.8 Å². The molecule has 0 spiro atoms. The number of hydrogen-bond acceptors (Lipinski definition) is 0. The molecule has 1 nitrogen and oxygen atoms in total. The quantitative estimate of drug-likeness (QED) is 0.613. The molecule has 1 N–H and O–H groups in total. The molecule has 3 fully saturated rings. The van der Waals surface area contributed by atoms with Crippen molar-refractivity contribution in [2.75, 3.05) is 13.1 Å². The van der Waals surface area contributed by atoms with Crippen molar-refractivity contribution in [2.24, 2.45) is 5.92 Å². The lowest BCUT2D eigenvalue weighted by molar-refractivity contribution is -0.941. The van der Waals surface area contributed by atoms with Crippen molar-refractivity contribution in [3.63, 3.8) is 0 Å². The zero-order valence-corrected chi connectivity index (χ0v) is 8.97. The molecule has 2 bridgehead atoms. The van der Waals surface area contributed by atoms with Gasteiger partial charge in [-0.2, -0.15) is 0 Å². The molecule has 3 heterocycles. The average Bonchev–Trinajstić information content (AvgIpc) is 2.17. The molecular formula is C12H22N+. The van der Waals surface area contributed by atoms with Crippen molar-refractivity contribution >= 4 is 0 Å². The van der Waals surface area contributed by atoms with E-state index in [1.165, 1.54) is 44.3 Å². The second-order valence-corrected chi connectivity index (χ2v) is 5.05. The van der Waals surface area contributed by atoms with Crippen molar-refractivity contribution < 1.29 is 4.90 Å². The van der Waals surface area contributed by atoms with Crippen LogP contribution in [0, 0.1) is 5.92 Å². The number of allylic oxidation sites excluding steroid dienone is 1. The molecule has 3 saturated heterocycles. The molecule has 3 aliphatic rings. The fourth-order valence-electron chi connectivity index (χ4n) is 2.90. The van der Waals surface area contributed by atoms with Crippen LogP contribution in [0.15, 0.2) is 11.6 Å². The Balaban J connectivity index is 1.90. The first-order valence-electron chi connectivity index (χ1n) is 5.73. The summed E-state index contributed by atoms with van der Waals surface area (Å²) in [7, 11) is 0. The van der Waals surface area contributed by atoms with E-state index >= 15 is 0 Å². The van der Waals surface area contributed by atoms with Crippen LogP contribution < -0.4 is 4.90 Å². The lowest BCUT2D eigenvalue weighted by Gasteiger charge is -2.42. The van der Waals surface area contributed by atoms with Crippen molar-refractivity contribution in [2.45, 2.75) is 45.6 Å². The van der Waals surface area contributed by atoms with E-state index in [-0.39, 0.29) is 0 Å². The highest BCUT2D eigenvalue weighted by atomic mass is 15.2. The predicted molar refractivity (Wildman–Crippen MR) is 55.9 cm³/mol. The van der Waals surface area contributed by atoms with Gasteiger partial charge in [-0.05, 0) is 32.6 Å². The topological polar surface area (TPSA) is 4.44 Å². The van der Waals surface area contributed by atoms with Gasteiger partial charge in [-0.15, -0.1) is 0 Å². The molecule has 3 rings (SSSR count). The third-order valence-electron chi connectivity index (χ3n) is 3.75. The van der Waals surface area contributed by atoms with Crippen LogP contribution in [0.1, 0.15) is 39.5 Å². The van der Waals surface area contributed by atoms with Crippen molar-refractivity contribution in [1.29, 1.82) is 0 Å². The molecule has 13 heavy (non-hydrogen) atoms. The van der Waals surface area contributed by atoms with Crippen LogP contribution in [0.3, 0.4) is 0 Å². The molecule has 0 amide bonds. The minimum Gasteiger partial charge on any atom is -0.332 e.